The zero-order valence-corrected chi connectivity index (χ0v) is 18.0. The van der Waals surface area contributed by atoms with E-state index in [1.165, 1.54) is 12.1 Å². The first kappa shape index (κ1) is 21.5. The Morgan fingerprint density at radius 3 is 2.38 bits per heavy atom. The van der Waals surface area contributed by atoms with Crippen molar-refractivity contribution in [1.29, 1.82) is 0 Å². The highest BCUT2D eigenvalue weighted by atomic mass is 32.1. The third-order valence-electron chi connectivity index (χ3n) is 5.53. The lowest BCUT2D eigenvalue weighted by atomic mass is 9.84. The lowest BCUT2D eigenvalue weighted by molar-refractivity contribution is -0.145. The van der Waals surface area contributed by atoms with Gasteiger partial charge in [-0.15, -0.1) is 11.3 Å². The molecule has 4 nitrogen and oxygen atoms in total. The van der Waals surface area contributed by atoms with Gasteiger partial charge in [-0.3, -0.25) is 9.59 Å². The number of hydrogen-bond donors (Lipinski definition) is 0. The molecule has 3 rings (SSSR count). The Labute approximate surface area is 176 Å². The molecule has 0 atom stereocenters. The molecule has 0 saturated heterocycles. The monoisotopic (exact) mass is 416 g/mol. The number of nitrogens with zero attached hydrogens (tertiary/aromatic N) is 2. The number of amides is 2. The van der Waals surface area contributed by atoms with Crippen LogP contribution in [0.1, 0.15) is 48.6 Å². The van der Waals surface area contributed by atoms with Crippen LogP contribution in [0.25, 0.3) is 0 Å². The van der Waals surface area contributed by atoms with Crippen LogP contribution >= 0.6 is 11.3 Å². The summed E-state index contributed by atoms with van der Waals surface area (Å²) in [5.74, 6) is -0.163. The molecule has 0 unspecified atom stereocenters. The molecule has 1 aromatic heterocycles. The second-order valence-electron chi connectivity index (χ2n) is 7.79. The van der Waals surface area contributed by atoms with Crippen LogP contribution in [0.5, 0.6) is 0 Å². The molecule has 1 aliphatic rings. The summed E-state index contributed by atoms with van der Waals surface area (Å²) in [7, 11) is 0. The van der Waals surface area contributed by atoms with E-state index in [0.717, 1.165) is 41.7 Å². The smallest absolute Gasteiger partial charge is 0.242 e. The van der Waals surface area contributed by atoms with E-state index < -0.39 is 0 Å². The summed E-state index contributed by atoms with van der Waals surface area (Å²) in [5, 5.41) is 2.02. The quantitative estimate of drug-likeness (QED) is 0.591. The van der Waals surface area contributed by atoms with Crippen molar-refractivity contribution in [3.8, 4) is 0 Å². The molecule has 2 amide bonds. The van der Waals surface area contributed by atoms with E-state index in [2.05, 4.69) is 0 Å². The number of carbonyl (C=O) groups excluding carboxylic acids is 2. The average molecular weight is 417 g/mol. The van der Waals surface area contributed by atoms with E-state index in [-0.39, 0.29) is 30.1 Å². The van der Waals surface area contributed by atoms with Gasteiger partial charge in [0, 0.05) is 23.9 Å². The van der Waals surface area contributed by atoms with Crippen LogP contribution in [-0.4, -0.2) is 34.7 Å². The van der Waals surface area contributed by atoms with Gasteiger partial charge in [0.1, 0.15) is 5.82 Å². The second-order valence-corrected chi connectivity index (χ2v) is 8.79. The summed E-state index contributed by atoms with van der Waals surface area (Å²) in [5.41, 5.74) is 2.03. The molecule has 6 heteroatoms. The van der Waals surface area contributed by atoms with Crippen LogP contribution in [0.3, 0.4) is 0 Å². The van der Waals surface area contributed by atoms with Crippen LogP contribution in [-0.2, 0) is 22.7 Å². The Hall–Kier alpha value is -2.21. The fraction of sp³-hybridized carbons (Fsp3) is 0.478. The summed E-state index contributed by atoms with van der Waals surface area (Å²) in [6.07, 6.45) is 3.79. The topological polar surface area (TPSA) is 40.6 Å². The number of benzene rings is 1. The van der Waals surface area contributed by atoms with Gasteiger partial charge in [-0.25, -0.2) is 4.39 Å². The molecule has 1 saturated carbocycles. The van der Waals surface area contributed by atoms with Gasteiger partial charge >= 0.3 is 0 Å². The van der Waals surface area contributed by atoms with Crippen LogP contribution < -0.4 is 0 Å². The number of carbonyl (C=O) groups is 2. The number of aryl methyl sites for hydroxylation is 1. The van der Waals surface area contributed by atoms with Gasteiger partial charge in [0.2, 0.25) is 11.8 Å². The summed E-state index contributed by atoms with van der Waals surface area (Å²) < 4.78 is 13.3. The van der Waals surface area contributed by atoms with Gasteiger partial charge in [0.05, 0.1) is 13.1 Å². The normalized spacial score (nSPS) is 13.8. The lowest BCUT2D eigenvalue weighted by Gasteiger charge is -2.33. The largest absolute Gasteiger partial charge is 0.333 e. The molecule has 1 aliphatic carbocycles. The number of rotatable bonds is 9. The van der Waals surface area contributed by atoms with E-state index in [1.807, 2.05) is 25.3 Å². The molecule has 0 bridgehead atoms. The maximum absolute atomic E-state index is 13.3. The minimum atomic E-state index is -0.291. The van der Waals surface area contributed by atoms with Crippen molar-refractivity contribution in [2.24, 2.45) is 5.92 Å². The highest BCUT2D eigenvalue weighted by Gasteiger charge is 2.31. The first-order valence-electron chi connectivity index (χ1n) is 10.3. The van der Waals surface area contributed by atoms with Crippen molar-refractivity contribution in [2.75, 3.05) is 13.1 Å². The van der Waals surface area contributed by atoms with Crippen molar-refractivity contribution in [2.45, 2.75) is 52.6 Å². The van der Waals surface area contributed by atoms with Gasteiger partial charge in [-0.2, -0.15) is 0 Å². The third-order valence-corrected chi connectivity index (χ3v) is 6.54. The van der Waals surface area contributed by atoms with Crippen molar-refractivity contribution in [1.82, 2.24) is 9.80 Å². The van der Waals surface area contributed by atoms with Gasteiger partial charge in [0.15, 0.2) is 0 Å². The molecular weight excluding hydrogens is 387 g/mol. The van der Waals surface area contributed by atoms with Crippen LogP contribution in [0, 0.1) is 18.7 Å². The zero-order chi connectivity index (χ0) is 20.8. The molecule has 0 aliphatic heterocycles. The number of halogens is 1. The minimum absolute atomic E-state index is 0.0664. The summed E-state index contributed by atoms with van der Waals surface area (Å²) in [6.45, 7) is 5.66. The predicted octanol–water partition coefficient (Wildman–Crippen LogP) is 4.76. The highest BCUT2D eigenvalue weighted by Crippen LogP contribution is 2.28. The van der Waals surface area contributed by atoms with Crippen molar-refractivity contribution in [3.63, 3.8) is 0 Å². The average Bonchev–Trinajstić information content (AvgIpc) is 3.05. The summed E-state index contributed by atoms with van der Waals surface area (Å²) >= 11 is 1.63. The van der Waals surface area contributed by atoms with Gasteiger partial charge in [0.25, 0.3) is 0 Å². The number of hydrogen-bond acceptors (Lipinski definition) is 3. The van der Waals surface area contributed by atoms with Gasteiger partial charge in [-0.1, -0.05) is 25.5 Å². The molecule has 1 heterocycles. The van der Waals surface area contributed by atoms with Crippen molar-refractivity contribution in [3.05, 3.63) is 57.5 Å². The van der Waals surface area contributed by atoms with E-state index in [1.54, 1.807) is 33.3 Å². The third kappa shape index (κ3) is 5.66. The van der Waals surface area contributed by atoms with Crippen molar-refractivity contribution >= 4 is 23.2 Å². The molecular formula is C23H29FN2O2S. The maximum Gasteiger partial charge on any atom is 0.242 e. The standard InChI is InChI=1S/C23H29FN2O2S/c1-3-12-25(23(28)19-5-4-6-19)16-22(27)26(15-21-17(2)11-13-29-21)14-18-7-9-20(24)10-8-18/h7-11,13,19H,3-6,12,14-16H2,1-2H3. The fourth-order valence-electron chi connectivity index (χ4n) is 3.50. The number of thiophene rings is 1. The van der Waals surface area contributed by atoms with Gasteiger partial charge in [-0.05, 0) is 60.9 Å². The van der Waals surface area contributed by atoms with Crippen LogP contribution in [0.4, 0.5) is 4.39 Å². The Kier molecular flexibility index (Phi) is 7.42. The van der Waals surface area contributed by atoms with E-state index in [9.17, 15) is 14.0 Å². The summed E-state index contributed by atoms with van der Waals surface area (Å²) in [4.78, 5) is 30.6. The van der Waals surface area contributed by atoms with E-state index in [0.29, 0.717) is 19.6 Å². The molecule has 29 heavy (non-hydrogen) atoms. The lowest BCUT2D eigenvalue weighted by Crippen LogP contribution is -2.46. The minimum Gasteiger partial charge on any atom is -0.333 e. The molecule has 2 aromatic rings. The first-order chi connectivity index (χ1) is 14.0. The zero-order valence-electron chi connectivity index (χ0n) is 17.2. The summed E-state index contributed by atoms with van der Waals surface area (Å²) in [6, 6.07) is 8.29. The molecule has 0 radical (unpaired) electrons. The predicted molar refractivity (Wildman–Crippen MR) is 114 cm³/mol. The maximum atomic E-state index is 13.3. The molecule has 0 N–H and O–H groups in total. The molecule has 0 spiro atoms. The molecule has 156 valence electrons. The fourth-order valence-corrected chi connectivity index (χ4v) is 4.42. The highest BCUT2D eigenvalue weighted by molar-refractivity contribution is 7.10. The Bertz CT molecular complexity index is 830. The van der Waals surface area contributed by atoms with Crippen molar-refractivity contribution < 1.29 is 14.0 Å². The molecule has 1 aromatic carbocycles. The first-order valence-corrected chi connectivity index (χ1v) is 11.2. The van der Waals surface area contributed by atoms with Crippen LogP contribution in [0.15, 0.2) is 35.7 Å². The molecule has 1 fully saturated rings. The Balaban J connectivity index is 1.75. The van der Waals surface area contributed by atoms with E-state index >= 15 is 0 Å². The van der Waals surface area contributed by atoms with E-state index in [4.69, 9.17) is 0 Å². The van der Waals surface area contributed by atoms with Crippen LogP contribution in [0.2, 0.25) is 0 Å². The Morgan fingerprint density at radius 2 is 1.83 bits per heavy atom. The van der Waals surface area contributed by atoms with Gasteiger partial charge < -0.3 is 9.80 Å². The SMILES string of the molecule is CCCN(CC(=O)N(Cc1ccc(F)cc1)Cc1sccc1C)C(=O)C1CCC1. The Morgan fingerprint density at radius 1 is 1.10 bits per heavy atom. The second kappa shape index (κ2) is 10.0.